The Morgan fingerprint density at radius 1 is 1.22 bits per heavy atom. The van der Waals surface area contributed by atoms with Gasteiger partial charge in [-0.3, -0.25) is 4.79 Å². The molecule has 6 nitrogen and oxygen atoms in total. The van der Waals surface area contributed by atoms with Crippen molar-refractivity contribution in [2.75, 3.05) is 17.2 Å². The van der Waals surface area contributed by atoms with E-state index in [1.807, 2.05) is 37.3 Å². The highest BCUT2D eigenvalue weighted by atomic mass is 16.5. The zero-order chi connectivity index (χ0) is 16.2. The van der Waals surface area contributed by atoms with E-state index < -0.39 is 0 Å². The molecule has 3 amide bonds. The third kappa shape index (κ3) is 3.60. The Kier molecular flexibility index (Phi) is 4.14. The normalized spacial score (nSPS) is 14.0. The molecule has 1 aliphatic rings. The fourth-order valence-corrected chi connectivity index (χ4v) is 2.34. The summed E-state index contributed by atoms with van der Waals surface area (Å²) >= 11 is 0. The van der Waals surface area contributed by atoms with Crippen LogP contribution in [0, 0.1) is 0 Å². The Labute approximate surface area is 133 Å². The molecule has 0 aliphatic carbocycles. The van der Waals surface area contributed by atoms with Gasteiger partial charge in [0.1, 0.15) is 5.75 Å². The van der Waals surface area contributed by atoms with Gasteiger partial charge in [0, 0.05) is 11.8 Å². The van der Waals surface area contributed by atoms with Crippen molar-refractivity contribution < 1.29 is 14.3 Å². The SMILES string of the molecule is CC(NC(=O)Nc1ccc2c(c1)OCC(=O)N2)c1ccccc1. The Morgan fingerprint density at radius 2 is 2.00 bits per heavy atom. The predicted octanol–water partition coefficient (Wildman–Crippen LogP) is 2.90. The van der Waals surface area contributed by atoms with E-state index in [1.54, 1.807) is 18.2 Å². The van der Waals surface area contributed by atoms with Crippen LogP contribution in [0.4, 0.5) is 16.2 Å². The maximum absolute atomic E-state index is 12.1. The van der Waals surface area contributed by atoms with E-state index in [2.05, 4.69) is 16.0 Å². The number of fused-ring (bicyclic) bond motifs is 1. The lowest BCUT2D eigenvalue weighted by Gasteiger charge is -2.19. The topological polar surface area (TPSA) is 79.5 Å². The molecular formula is C17H17N3O3. The number of anilines is 2. The molecule has 2 aromatic carbocycles. The molecule has 0 radical (unpaired) electrons. The molecule has 1 aliphatic heterocycles. The fraction of sp³-hybridized carbons (Fsp3) is 0.176. The third-order valence-corrected chi connectivity index (χ3v) is 3.52. The van der Waals surface area contributed by atoms with Crippen LogP contribution in [-0.2, 0) is 4.79 Å². The maximum Gasteiger partial charge on any atom is 0.319 e. The second kappa shape index (κ2) is 6.39. The van der Waals surface area contributed by atoms with E-state index in [4.69, 9.17) is 4.74 Å². The molecule has 6 heteroatoms. The van der Waals surface area contributed by atoms with Gasteiger partial charge >= 0.3 is 6.03 Å². The number of amides is 3. The zero-order valence-corrected chi connectivity index (χ0v) is 12.6. The highest BCUT2D eigenvalue weighted by Crippen LogP contribution is 2.30. The summed E-state index contributed by atoms with van der Waals surface area (Å²) in [5.74, 6) is 0.353. The van der Waals surface area contributed by atoms with Gasteiger partial charge in [-0.2, -0.15) is 0 Å². The molecule has 2 aromatic rings. The van der Waals surface area contributed by atoms with Gasteiger partial charge in [0.05, 0.1) is 11.7 Å². The largest absolute Gasteiger partial charge is 0.482 e. The second-order valence-electron chi connectivity index (χ2n) is 5.28. The van der Waals surface area contributed by atoms with Gasteiger partial charge in [0.15, 0.2) is 6.61 Å². The van der Waals surface area contributed by atoms with Crippen molar-refractivity contribution in [2.24, 2.45) is 0 Å². The number of benzene rings is 2. The Bertz CT molecular complexity index is 731. The van der Waals surface area contributed by atoms with Crippen molar-refractivity contribution in [3.05, 3.63) is 54.1 Å². The number of ether oxygens (including phenoxy) is 1. The van der Waals surface area contributed by atoms with Gasteiger partial charge in [-0.1, -0.05) is 30.3 Å². The van der Waals surface area contributed by atoms with Gasteiger partial charge in [-0.25, -0.2) is 4.79 Å². The van der Waals surface area contributed by atoms with Gasteiger partial charge < -0.3 is 20.7 Å². The summed E-state index contributed by atoms with van der Waals surface area (Å²) in [6.07, 6.45) is 0. The second-order valence-corrected chi connectivity index (χ2v) is 5.28. The molecule has 23 heavy (non-hydrogen) atoms. The van der Waals surface area contributed by atoms with Crippen molar-refractivity contribution >= 4 is 23.3 Å². The van der Waals surface area contributed by atoms with E-state index in [9.17, 15) is 9.59 Å². The molecular weight excluding hydrogens is 294 g/mol. The monoisotopic (exact) mass is 311 g/mol. The van der Waals surface area contributed by atoms with Crippen molar-refractivity contribution in [1.82, 2.24) is 5.32 Å². The van der Waals surface area contributed by atoms with Gasteiger partial charge in [-0.15, -0.1) is 0 Å². The molecule has 0 fully saturated rings. The average Bonchev–Trinajstić information content (AvgIpc) is 2.55. The van der Waals surface area contributed by atoms with Crippen LogP contribution in [0.2, 0.25) is 0 Å². The minimum absolute atomic E-state index is 0.0201. The van der Waals surface area contributed by atoms with Crippen LogP contribution in [0.25, 0.3) is 0 Å². The minimum atomic E-state index is -0.304. The zero-order valence-electron chi connectivity index (χ0n) is 12.6. The van der Waals surface area contributed by atoms with Crippen LogP contribution >= 0.6 is 0 Å². The van der Waals surface area contributed by atoms with Crippen LogP contribution in [0.1, 0.15) is 18.5 Å². The average molecular weight is 311 g/mol. The molecule has 0 spiro atoms. The summed E-state index contributed by atoms with van der Waals surface area (Å²) in [5.41, 5.74) is 2.22. The minimum Gasteiger partial charge on any atom is -0.482 e. The van der Waals surface area contributed by atoms with Gasteiger partial charge in [0.25, 0.3) is 5.91 Å². The smallest absolute Gasteiger partial charge is 0.319 e. The van der Waals surface area contributed by atoms with Gasteiger partial charge in [0.2, 0.25) is 0 Å². The number of hydrogen-bond donors (Lipinski definition) is 3. The number of nitrogens with one attached hydrogen (secondary N) is 3. The highest BCUT2D eigenvalue weighted by Gasteiger charge is 2.16. The molecule has 0 saturated carbocycles. The lowest BCUT2D eigenvalue weighted by molar-refractivity contribution is -0.118. The van der Waals surface area contributed by atoms with Crippen LogP contribution in [0.5, 0.6) is 5.75 Å². The van der Waals surface area contributed by atoms with Crippen LogP contribution in [-0.4, -0.2) is 18.5 Å². The van der Waals surface area contributed by atoms with Crippen molar-refractivity contribution in [3.63, 3.8) is 0 Å². The molecule has 3 rings (SSSR count). The lowest BCUT2D eigenvalue weighted by atomic mass is 10.1. The summed E-state index contributed by atoms with van der Waals surface area (Å²) in [7, 11) is 0. The van der Waals surface area contributed by atoms with Crippen molar-refractivity contribution in [1.29, 1.82) is 0 Å². The summed E-state index contributed by atoms with van der Waals surface area (Å²) < 4.78 is 5.32. The molecule has 0 saturated heterocycles. The molecule has 1 unspecified atom stereocenters. The highest BCUT2D eigenvalue weighted by molar-refractivity contribution is 5.96. The van der Waals surface area contributed by atoms with E-state index >= 15 is 0 Å². The number of carbonyl (C=O) groups is 2. The van der Waals surface area contributed by atoms with Crippen LogP contribution in [0.3, 0.4) is 0 Å². The molecule has 3 N–H and O–H groups in total. The Balaban J connectivity index is 1.63. The maximum atomic E-state index is 12.1. The fourth-order valence-electron chi connectivity index (χ4n) is 2.34. The number of hydrogen-bond acceptors (Lipinski definition) is 3. The summed E-state index contributed by atoms with van der Waals surface area (Å²) in [5, 5.41) is 8.33. The molecule has 1 heterocycles. The van der Waals surface area contributed by atoms with Crippen LogP contribution in [0.15, 0.2) is 48.5 Å². The van der Waals surface area contributed by atoms with E-state index in [0.717, 1.165) is 5.56 Å². The summed E-state index contributed by atoms with van der Waals surface area (Å²) in [4.78, 5) is 23.3. The first-order valence-corrected chi connectivity index (χ1v) is 7.31. The lowest BCUT2D eigenvalue weighted by Crippen LogP contribution is -2.31. The van der Waals surface area contributed by atoms with E-state index in [-0.39, 0.29) is 24.6 Å². The van der Waals surface area contributed by atoms with E-state index in [1.165, 1.54) is 0 Å². The van der Waals surface area contributed by atoms with Crippen LogP contribution < -0.4 is 20.7 Å². The first-order chi connectivity index (χ1) is 11.1. The first-order valence-electron chi connectivity index (χ1n) is 7.31. The summed E-state index contributed by atoms with van der Waals surface area (Å²) in [6, 6.07) is 14.4. The number of rotatable bonds is 3. The Hall–Kier alpha value is -3.02. The number of urea groups is 1. The summed E-state index contributed by atoms with van der Waals surface area (Å²) in [6.45, 7) is 1.90. The standard InChI is InChI=1S/C17H17N3O3/c1-11(12-5-3-2-4-6-12)18-17(22)19-13-7-8-14-15(9-13)23-10-16(21)20-14/h2-9,11H,10H2,1H3,(H,20,21)(H2,18,19,22). The van der Waals surface area contributed by atoms with Crippen molar-refractivity contribution in [3.8, 4) is 5.75 Å². The van der Waals surface area contributed by atoms with Gasteiger partial charge in [-0.05, 0) is 24.6 Å². The first kappa shape index (κ1) is 14.9. The van der Waals surface area contributed by atoms with E-state index in [0.29, 0.717) is 17.1 Å². The third-order valence-electron chi connectivity index (χ3n) is 3.52. The Morgan fingerprint density at radius 3 is 2.78 bits per heavy atom. The molecule has 1 atom stereocenters. The quantitative estimate of drug-likeness (QED) is 0.815. The molecule has 118 valence electrons. The predicted molar refractivity (Wildman–Crippen MR) is 87.6 cm³/mol. The van der Waals surface area contributed by atoms with Crippen molar-refractivity contribution in [2.45, 2.75) is 13.0 Å². The number of carbonyl (C=O) groups excluding carboxylic acids is 2. The molecule has 0 bridgehead atoms. The molecule has 0 aromatic heterocycles.